The van der Waals surface area contributed by atoms with E-state index in [9.17, 15) is 22.8 Å². The summed E-state index contributed by atoms with van der Waals surface area (Å²) in [5.41, 5.74) is 4.03. The van der Waals surface area contributed by atoms with Gasteiger partial charge >= 0.3 is 0 Å². The molecule has 2 heterocycles. The lowest BCUT2D eigenvalue weighted by molar-refractivity contribution is -0.673. The molecule has 2 aromatic carbocycles. The fourth-order valence-electron chi connectivity index (χ4n) is 5.45. The zero-order chi connectivity index (χ0) is 32.7. The lowest BCUT2D eigenvalue weighted by Crippen LogP contribution is -2.37. The van der Waals surface area contributed by atoms with Crippen LogP contribution in [0.3, 0.4) is 0 Å². The van der Waals surface area contributed by atoms with Crippen molar-refractivity contribution in [2.24, 2.45) is 0 Å². The van der Waals surface area contributed by atoms with E-state index in [0.29, 0.717) is 53.2 Å². The molecule has 0 aliphatic carbocycles. The van der Waals surface area contributed by atoms with Crippen LogP contribution in [0.25, 0.3) is 22.0 Å². The number of nitriles is 1. The molecule has 1 aliphatic rings. The van der Waals surface area contributed by atoms with Crippen molar-refractivity contribution < 1.29 is 22.1 Å². The van der Waals surface area contributed by atoms with E-state index in [4.69, 9.17) is 29.8 Å². The lowest BCUT2D eigenvalue weighted by Gasteiger charge is -2.24. The van der Waals surface area contributed by atoms with Crippen LogP contribution in [0.1, 0.15) is 38.1 Å². The summed E-state index contributed by atoms with van der Waals surface area (Å²) in [6.45, 7) is 13.7. The SMILES string of the molecule is [C-]#[N+]c1cc2c(cc1Cl)N(CC)\C(=C/C=C/C=C/c1n(CC)c3cc(Cl)c(C#N)cc3[n+]1CCCSO)N2CCCS(=O)(=O)O. The molecule has 1 aliphatic heterocycles. The number of allylic oxidation sites excluding steroid dienone is 4. The summed E-state index contributed by atoms with van der Waals surface area (Å²) in [6, 6.07) is 9.21. The number of benzene rings is 2. The average Bonchev–Trinajstić information content (AvgIpc) is 3.44. The lowest BCUT2D eigenvalue weighted by atomic mass is 10.2. The maximum absolute atomic E-state index is 11.4. The summed E-state index contributed by atoms with van der Waals surface area (Å²) in [5, 5.41) is 10.3. The molecule has 10 nitrogen and oxygen atoms in total. The van der Waals surface area contributed by atoms with E-state index in [-0.39, 0.29) is 12.2 Å². The molecule has 0 atom stereocenters. The summed E-state index contributed by atoms with van der Waals surface area (Å²) < 4.78 is 45.6. The fourth-order valence-corrected chi connectivity index (χ4v) is 6.60. The summed E-state index contributed by atoms with van der Waals surface area (Å²) in [6.07, 6.45) is 10.5. The number of nitrogens with zero attached hydrogens (tertiary/aromatic N) is 6. The first kappa shape index (κ1) is 34.4. The molecule has 0 saturated carbocycles. The number of anilines is 2. The Balaban J connectivity index is 1.71. The van der Waals surface area contributed by atoms with Gasteiger partial charge in [-0.2, -0.15) is 13.7 Å². The number of fused-ring (bicyclic) bond motifs is 2. The number of halogens is 2. The van der Waals surface area contributed by atoms with E-state index in [2.05, 4.69) is 20.0 Å². The molecule has 0 bridgehead atoms. The van der Waals surface area contributed by atoms with Crippen LogP contribution in [-0.4, -0.2) is 46.7 Å². The van der Waals surface area contributed by atoms with E-state index in [1.165, 1.54) is 0 Å². The molecule has 14 heteroatoms. The Hall–Kier alpha value is -3.49. The van der Waals surface area contributed by atoms with Gasteiger partial charge in [0.05, 0.1) is 47.4 Å². The topological polar surface area (TPSA) is 118 Å². The third kappa shape index (κ3) is 7.67. The Kier molecular flexibility index (Phi) is 11.6. The van der Waals surface area contributed by atoms with Gasteiger partial charge in [-0.25, -0.2) is 14.0 Å². The number of rotatable bonds is 13. The first-order chi connectivity index (χ1) is 21.6. The van der Waals surface area contributed by atoms with Crippen LogP contribution in [0.4, 0.5) is 17.1 Å². The first-order valence-electron chi connectivity index (χ1n) is 14.3. The zero-order valence-corrected chi connectivity index (χ0v) is 28.0. The van der Waals surface area contributed by atoms with Crippen LogP contribution in [0, 0.1) is 17.9 Å². The minimum absolute atomic E-state index is 0.181. The Bertz CT molecular complexity index is 1870. The Morgan fingerprint density at radius 3 is 2.47 bits per heavy atom. The average molecular weight is 689 g/mol. The van der Waals surface area contributed by atoms with Gasteiger partial charge in [-0.3, -0.25) is 4.55 Å². The molecule has 236 valence electrons. The van der Waals surface area contributed by atoms with Crippen molar-refractivity contribution in [1.82, 2.24) is 4.57 Å². The van der Waals surface area contributed by atoms with E-state index in [1.807, 2.05) is 60.1 Å². The van der Waals surface area contributed by atoms with Crippen LogP contribution >= 0.6 is 35.2 Å². The van der Waals surface area contributed by atoms with Gasteiger partial charge in [0.15, 0.2) is 11.0 Å². The predicted octanol–water partition coefficient (Wildman–Crippen LogP) is 7.31. The molecule has 0 spiro atoms. The normalized spacial score (nSPS) is 14.3. The molecule has 1 aromatic heterocycles. The maximum atomic E-state index is 11.4. The van der Waals surface area contributed by atoms with E-state index < -0.39 is 10.1 Å². The molecule has 0 fully saturated rings. The van der Waals surface area contributed by atoms with E-state index in [0.717, 1.165) is 52.5 Å². The van der Waals surface area contributed by atoms with Crippen molar-refractivity contribution >= 4 is 79.5 Å². The number of aromatic nitrogens is 2. The van der Waals surface area contributed by atoms with Crippen LogP contribution in [0.5, 0.6) is 0 Å². The molecule has 0 saturated heterocycles. The summed E-state index contributed by atoms with van der Waals surface area (Å²) in [7, 11) is -4.13. The highest BCUT2D eigenvalue weighted by molar-refractivity contribution is 7.93. The minimum atomic E-state index is -4.13. The van der Waals surface area contributed by atoms with Crippen LogP contribution in [0.2, 0.25) is 10.0 Å². The molecule has 0 unspecified atom stereocenters. The van der Waals surface area contributed by atoms with Gasteiger partial charge in [0.1, 0.15) is 11.9 Å². The van der Waals surface area contributed by atoms with E-state index >= 15 is 0 Å². The first-order valence-corrected chi connectivity index (χ1v) is 17.6. The number of imidazole rings is 1. The molecule has 45 heavy (non-hydrogen) atoms. The van der Waals surface area contributed by atoms with Gasteiger partial charge in [-0.15, -0.1) is 0 Å². The highest BCUT2D eigenvalue weighted by atomic mass is 35.5. The molecular formula is C31H33Cl2N6O4S2+. The van der Waals surface area contributed by atoms with E-state index in [1.54, 1.807) is 18.2 Å². The molecule has 3 aromatic rings. The van der Waals surface area contributed by atoms with Crippen LogP contribution < -0.4 is 14.4 Å². The molecule has 2 N–H and O–H groups in total. The Morgan fingerprint density at radius 1 is 1.07 bits per heavy atom. The highest BCUT2D eigenvalue weighted by Crippen LogP contribution is 2.46. The van der Waals surface area contributed by atoms with Crippen molar-refractivity contribution in [2.75, 3.05) is 34.4 Å². The number of hydrogen-bond donors (Lipinski definition) is 2. The fraction of sp³-hybridized carbons (Fsp3) is 0.323. The third-order valence-electron chi connectivity index (χ3n) is 7.37. The van der Waals surface area contributed by atoms with Crippen molar-refractivity contribution in [3.63, 3.8) is 0 Å². The Labute approximate surface area is 277 Å². The summed E-state index contributed by atoms with van der Waals surface area (Å²) in [4.78, 5) is 7.49. The van der Waals surface area contributed by atoms with Gasteiger partial charge in [-0.05, 0) is 56.9 Å². The minimum Gasteiger partial charge on any atom is -0.330 e. The summed E-state index contributed by atoms with van der Waals surface area (Å²) >= 11 is 13.6. The predicted molar refractivity (Wildman–Crippen MR) is 183 cm³/mol. The Morgan fingerprint density at radius 2 is 1.82 bits per heavy atom. The largest absolute Gasteiger partial charge is 0.330 e. The monoisotopic (exact) mass is 687 g/mol. The zero-order valence-electron chi connectivity index (χ0n) is 24.8. The quantitative estimate of drug-likeness (QED) is 0.0480. The smallest absolute Gasteiger partial charge is 0.282 e. The second-order valence-electron chi connectivity index (χ2n) is 10.1. The molecular weight excluding hydrogens is 655 g/mol. The molecule has 0 radical (unpaired) electrons. The van der Waals surface area contributed by atoms with Crippen molar-refractivity contribution in [1.29, 1.82) is 5.26 Å². The van der Waals surface area contributed by atoms with Crippen molar-refractivity contribution in [3.05, 3.63) is 87.2 Å². The third-order valence-corrected chi connectivity index (χ3v) is 9.26. The van der Waals surface area contributed by atoms with Crippen LogP contribution in [-0.2, 0) is 23.2 Å². The summed E-state index contributed by atoms with van der Waals surface area (Å²) in [5.74, 6) is 1.88. The second kappa shape index (κ2) is 15.2. The molecule has 0 amide bonds. The number of aryl methyl sites for hydroxylation is 2. The standard InChI is InChI=1S/C31H32Cl2N6O4S2/c1-4-36-27-18-23(32)22(21-34)17-26(27)38(13-9-15-44-40)30(36)11-7-6-8-12-31-37(5-2)28-19-24(33)25(35-3)20-29(28)39(31)14-10-16-45(41,42)43/h6-8,11-12,17-20H,4-5,9-10,13-16H2,1-2H3,(H-,40,41,42,43)/p+1. The van der Waals surface area contributed by atoms with Gasteiger partial charge < -0.3 is 14.4 Å². The second-order valence-corrected chi connectivity index (χ2v) is 13.1. The van der Waals surface area contributed by atoms with Gasteiger partial charge in [-0.1, -0.05) is 41.4 Å². The molecule has 4 rings (SSSR count). The van der Waals surface area contributed by atoms with Crippen molar-refractivity contribution in [3.8, 4) is 6.07 Å². The van der Waals surface area contributed by atoms with Gasteiger partial charge in [0.2, 0.25) is 5.69 Å². The highest BCUT2D eigenvalue weighted by Gasteiger charge is 2.31. The van der Waals surface area contributed by atoms with Gasteiger partial charge in [0, 0.05) is 42.1 Å². The van der Waals surface area contributed by atoms with Crippen LogP contribution in [0.15, 0.2) is 54.4 Å². The maximum Gasteiger partial charge on any atom is 0.282 e. The van der Waals surface area contributed by atoms with Crippen molar-refractivity contribution in [2.45, 2.75) is 39.8 Å². The van der Waals surface area contributed by atoms with Gasteiger partial charge in [0.25, 0.3) is 15.9 Å². The number of hydrogen-bond acceptors (Lipinski definition) is 7.